The van der Waals surface area contributed by atoms with E-state index in [0.717, 1.165) is 11.1 Å². The third-order valence-corrected chi connectivity index (χ3v) is 3.21. The van der Waals surface area contributed by atoms with Crippen molar-refractivity contribution in [2.24, 2.45) is 0 Å². The third kappa shape index (κ3) is 2.20. The van der Waals surface area contributed by atoms with E-state index in [1.54, 1.807) is 13.0 Å². The number of aryl methyl sites for hydroxylation is 1. The van der Waals surface area contributed by atoms with Gasteiger partial charge in [0.25, 0.3) is 0 Å². The number of carboxylic acids is 1. The zero-order valence-corrected chi connectivity index (χ0v) is 10.9. The molecule has 2 heterocycles. The summed E-state index contributed by atoms with van der Waals surface area (Å²) in [4.78, 5) is 10.7. The molecule has 0 unspecified atom stereocenters. The van der Waals surface area contributed by atoms with Crippen molar-refractivity contribution >= 4 is 5.97 Å². The molecule has 0 fully saturated rings. The molecule has 104 valence electrons. The summed E-state index contributed by atoms with van der Waals surface area (Å²) in [6, 6.07) is 5.46. The van der Waals surface area contributed by atoms with E-state index < -0.39 is 5.97 Å². The van der Waals surface area contributed by atoms with Gasteiger partial charge in [-0.3, -0.25) is 4.79 Å². The maximum atomic E-state index is 10.7. The predicted octanol–water partition coefficient (Wildman–Crippen LogP) is 2.40. The number of aromatic nitrogens is 1. The monoisotopic (exact) mass is 275 g/mol. The maximum Gasteiger partial charge on any atom is 0.303 e. The van der Waals surface area contributed by atoms with Crippen LogP contribution in [0.5, 0.6) is 11.5 Å². The molecule has 3 rings (SSSR count). The molecular weight excluding hydrogens is 262 g/mol. The molecule has 2 aromatic rings. The smallest absolute Gasteiger partial charge is 0.303 e. The molecule has 1 aliphatic rings. The van der Waals surface area contributed by atoms with Crippen LogP contribution >= 0.6 is 0 Å². The number of hydrogen-bond donors (Lipinski definition) is 1. The van der Waals surface area contributed by atoms with Crippen LogP contribution in [0.2, 0.25) is 0 Å². The maximum absolute atomic E-state index is 10.7. The van der Waals surface area contributed by atoms with Crippen molar-refractivity contribution in [2.75, 3.05) is 6.79 Å². The Bertz CT molecular complexity index is 662. The van der Waals surface area contributed by atoms with E-state index in [-0.39, 0.29) is 13.2 Å². The summed E-state index contributed by atoms with van der Waals surface area (Å²) >= 11 is 0. The second kappa shape index (κ2) is 4.88. The molecule has 6 heteroatoms. The molecule has 1 aliphatic heterocycles. The number of aliphatic carboxylic acids is 1. The van der Waals surface area contributed by atoms with E-state index >= 15 is 0 Å². The number of nitrogens with zero attached hydrogens (tertiary/aromatic N) is 1. The highest BCUT2D eigenvalue weighted by Gasteiger charge is 2.19. The van der Waals surface area contributed by atoms with E-state index in [9.17, 15) is 4.79 Å². The van der Waals surface area contributed by atoms with Gasteiger partial charge in [0.05, 0.1) is 5.69 Å². The topological polar surface area (TPSA) is 81.8 Å². The van der Waals surface area contributed by atoms with E-state index in [2.05, 4.69) is 5.16 Å². The summed E-state index contributed by atoms with van der Waals surface area (Å²) in [5, 5.41) is 12.7. The Labute approximate surface area is 114 Å². The number of ether oxygens (including phenoxy) is 2. The van der Waals surface area contributed by atoms with Crippen molar-refractivity contribution < 1.29 is 23.9 Å². The fourth-order valence-electron chi connectivity index (χ4n) is 2.18. The van der Waals surface area contributed by atoms with Crippen LogP contribution in [0.25, 0.3) is 11.3 Å². The largest absolute Gasteiger partial charge is 0.481 e. The van der Waals surface area contributed by atoms with Gasteiger partial charge in [-0.05, 0) is 31.5 Å². The van der Waals surface area contributed by atoms with E-state index in [0.29, 0.717) is 29.4 Å². The van der Waals surface area contributed by atoms with Gasteiger partial charge in [-0.2, -0.15) is 0 Å². The Morgan fingerprint density at radius 2 is 2.15 bits per heavy atom. The van der Waals surface area contributed by atoms with E-state index in [1.807, 2.05) is 12.1 Å². The van der Waals surface area contributed by atoms with Crippen LogP contribution in [0.4, 0.5) is 0 Å². The molecule has 0 amide bonds. The number of hydrogen-bond acceptors (Lipinski definition) is 5. The molecule has 0 spiro atoms. The molecule has 1 N–H and O–H groups in total. The van der Waals surface area contributed by atoms with Gasteiger partial charge in [-0.15, -0.1) is 0 Å². The number of benzene rings is 1. The Balaban J connectivity index is 1.95. The third-order valence-electron chi connectivity index (χ3n) is 3.21. The molecule has 6 nitrogen and oxygen atoms in total. The van der Waals surface area contributed by atoms with Crippen LogP contribution in [0, 0.1) is 6.92 Å². The normalized spacial score (nSPS) is 12.7. The molecule has 0 saturated carbocycles. The Hall–Kier alpha value is -2.50. The first-order valence-corrected chi connectivity index (χ1v) is 6.22. The molecule has 0 radical (unpaired) electrons. The van der Waals surface area contributed by atoms with Gasteiger partial charge < -0.3 is 19.1 Å². The highest BCUT2D eigenvalue weighted by Crippen LogP contribution is 2.37. The first-order chi connectivity index (χ1) is 9.65. The lowest BCUT2D eigenvalue weighted by atomic mass is 10.0. The van der Waals surface area contributed by atoms with Gasteiger partial charge in [0.1, 0.15) is 0 Å². The highest BCUT2D eigenvalue weighted by molar-refractivity contribution is 5.70. The molecule has 1 aromatic carbocycles. The molecule has 0 aliphatic carbocycles. The van der Waals surface area contributed by atoms with Crippen LogP contribution in [0.1, 0.15) is 17.7 Å². The average molecular weight is 275 g/mol. The van der Waals surface area contributed by atoms with Gasteiger partial charge >= 0.3 is 5.97 Å². The van der Waals surface area contributed by atoms with E-state index in [4.69, 9.17) is 19.1 Å². The van der Waals surface area contributed by atoms with Crippen LogP contribution in [0.3, 0.4) is 0 Å². The predicted molar refractivity (Wildman–Crippen MR) is 68.8 cm³/mol. The van der Waals surface area contributed by atoms with E-state index in [1.165, 1.54) is 0 Å². The van der Waals surface area contributed by atoms with Gasteiger partial charge in [-0.25, -0.2) is 0 Å². The lowest BCUT2D eigenvalue weighted by Gasteiger charge is -2.02. The van der Waals surface area contributed by atoms with Crippen LogP contribution in [-0.2, 0) is 11.2 Å². The molecule has 20 heavy (non-hydrogen) atoms. The zero-order chi connectivity index (χ0) is 14.1. The SMILES string of the molecule is Cc1noc(-c2ccc3c(c2)OCO3)c1CCC(=O)O. The Kier molecular flexibility index (Phi) is 3.06. The summed E-state index contributed by atoms with van der Waals surface area (Å²) in [6.07, 6.45) is 0.425. The lowest BCUT2D eigenvalue weighted by Crippen LogP contribution is -1.99. The molecule has 0 saturated heterocycles. The van der Waals surface area contributed by atoms with Crippen molar-refractivity contribution in [2.45, 2.75) is 19.8 Å². The van der Waals surface area contributed by atoms with Crippen LogP contribution in [0.15, 0.2) is 22.7 Å². The van der Waals surface area contributed by atoms with Crippen molar-refractivity contribution in [3.63, 3.8) is 0 Å². The summed E-state index contributed by atoms with van der Waals surface area (Å²) in [7, 11) is 0. The standard InChI is InChI=1S/C14H13NO5/c1-8-10(3-5-13(16)17)14(20-15-8)9-2-4-11-12(6-9)19-7-18-11/h2,4,6H,3,5,7H2,1H3,(H,16,17). The molecule has 1 aromatic heterocycles. The first kappa shape index (κ1) is 12.5. The minimum Gasteiger partial charge on any atom is -0.481 e. The first-order valence-electron chi connectivity index (χ1n) is 6.22. The van der Waals surface area contributed by atoms with Gasteiger partial charge in [0.2, 0.25) is 6.79 Å². The Morgan fingerprint density at radius 3 is 2.95 bits per heavy atom. The summed E-state index contributed by atoms with van der Waals surface area (Å²) in [5.74, 6) is 1.09. The highest BCUT2D eigenvalue weighted by atomic mass is 16.7. The molecule has 0 bridgehead atoms. The second-order valence-corrected chi connectivity index (χ2v) is 4.54. The van der Waals surface area contributed by atoms with Crippen molar-refractivity contribution in [3.8, 4) is 22.8 Å². The zero-order valence-electron chi connectivity index (χ0n) is 10.9. The quantitative estimate of drug-likeness (QED) is 0.922. The second-order valence-electron chi connectivity index (χ2n) is 4.54. The van der Waals surface area contributed by atoms with Crippen molar-refractivity contribution in [3.05, 3.63) is 29.5 Å². The van der Waals surface area contributed by atoms with Gasteiger partial charge in [0.15, 0.2) is 17.3 Å². The van der Waals surface area contributed by atoms with Gasteiger partial charge in [-0.1, -0.05) is 5.16 Å². The minimum absolute atomic E-state index is 0.0413. The molecule has 0 atom stereocenters. The number of carboxylic acid groups (broad SMARTS) is 1. The van der Waals surface area contributed by atoms with Crippen molar-refractivity contribution in [1.29, 1.82) is 0 Å². The number of carbonyl (C=O) groups is 1. The van der Waals surface area contributed by atoms with Crippen molar-refractivity contribution in [1.82, 2.24) is 5.16 Å². The van der Waals surface area contributed by atoms with Gasteiger partial charge in [0, 0.05) is 17.5 Å². The number of rotatable bonds is 4. The fourth-order valence-corrected chi connectivity index (χ4v) is 2.18. The summed E-state index contributed by atoms with van der Waals surface area (Å²) in [6.45, 7) is 2.01. The minimum atomic E-state index is -0.845. The Morgan fingerprint density at radius 1 is 1.35 bits per heavy atom. The fraction of sp³-hybridized carbons (Fsp3) is 0.286. The van der Waals surface area contributed by atoms with Crippen LogP contribution in [-0.4, -0.2) is 23.0 Å². The molecular formula is C14H13NO5. The average Bonchev–Trinajstić information content (AvgIpc) is 3.01. The van der Waals surface area contributed by atoms with Crippen LogP contribution < -0.4 is 9.47 Å². The summed E-state index contributed by atoms with van der Waals surface area (Å²) < 4.78 is 15.9. The number of fused-ring (bicyclic) bond motifs is 1. The summed E-state index contributed by atoms with van der Waals surface area (Å²) in [5.41, 5.74) is 2.32. The lowest BCUT2D eigenvalue weighted by molar-refractivity contribution is -0.136.